The third-order valence-corrected chi connectivity index (χ3v) is 9.34. The predicted molar refractivity (Wildman–Crippen MR) is 165 cm³/mol. The lowest BCUT2D eigenvalue weighted by Gasteiger charge is -2.44. The van der Waals surface area contributed by atoms with Crippen LogP contribution in [-0.2, 0) is 39.9 Å². The number of para-hydroxylation sites is 1. The van der Waals surface area contributed by atoms with E-state index in [1.54, 1.807) is 0 Å². The van der Waals surface area contributed by atoms with E-state index in [-0.39, 0.29) is 23.5 Å². The molecule has 5 nitrogen and oxygen atoms in total. The fourth-order valence-electron chi connectivity index (χ4n) is 7.54. The molecule has 0 N–H and O–H groups in total. The van der Waals surface area contributed by atoms with E-state index >= 15 is 0 Å². The van der Waals surface area contributed by atoms with Crippen molar-refractivity contribution >= 4 is 10.9 Å². The van der Waals surface area contributed by atoms with E-state index in [0.29, 0.717) is 26.4 Å². The molecule has 2 unspecified atom stereocenters. The van der Waals surface area contributed by atoms with Gasteiger partial charge in [0, 0.05) is 49.3 Å². The molecule has 0 radical (unpaired) electrons. The largest absolute Gasteiger partial charge is 0.381 e. The number of hydrogen-bond donors (Lipinski definition) is 0. The molecule has 214 valence electrons. The maximum Gasteiger partial charge on any atom is 0.0717 e. The molecule has 6 rings (SSSR count). The number of rotatable bonds is 11. The number of methoxy groups -OCH3 is 1. The highest BCUT2D eigenvalue weighted by Gasteiger charge is 2.54. The number of likely N-dealkylation sites (tertiary alicyclic amines) is 1. The van der Waals surface area contributed by atoms with Gasteiger partial charge in [-0.1, -0.05) is 84.9 Å². The van der Waals surface area contributed by atoms with E-state index < -0.39 is 0 Å². The van der Waals surface area contributed by atoms with Gasteiger partial charge in [-0.05, 0) is 42.1 Å². The van der Waals surface area contributed by atoms with Gasteiger partial charge in [0.15, 0.2) is 0 Å². The van der Waals surface area contributed by atoms with E-state index in [4.69, 9.17) is 14.2 Å². The van der Waals surface area contributed by atoms with E-state index in [9.17, 15) is 0 Å². The Balaban J connectivity index is 1.49. The van der Waals surface area contributed by atoms with Crippen LogP contribution in [0.25, 0.3) is 10.9 Å². The average Bonchev–Trinajstić information content (AvgIpc) is 3.12. The zero-order valence-corrected chi connectivity index (χ0v) is 24.4. The Hall–Kier alpha value is -3.22. The van der Waals surface area contributed by atoms with E-state index in [0.717, 1.165) is 25.9 Å². The van der Waals surface area contributed by atoms with Gasteiger partial charge in [-0.25, -0.2) is 0 Å². The summed E-state index contributed by atoms with van der Waals surface area (Å²) < 4.78 is 22.2. The first-order valence-electron chi connectivity index (χ1n) is 14.8. The molecule has 1 aromatic heterocycles. The number of benzene rings is 3. The molecule has 4 aromatic rings. The molecule has 2 heterocycles. The Morgan fingerprint density at radius 2 is 1.49 bits per heavy atom. The summed E-state index contributed by atoms with van der Waals surface area (Å²) in [6, 6.07) is 30.0. The summed E-state index contributed by atoms with van der Waals surface area (Å²) in [6.07, 6.45) is 4.07. The second kappa shape index (κ2) is 12.3. The lowest BCUT2D eigenvalue weighted by atomic mass is 9.69. The number of aromatic nitrogens is 1. The minimum Gasteiger partial charge on any atom is -0.381 e. The van der Waals surface area contributed by atoms with E-state index in [2.05, 4.69) is 108 Å². The maximum absolute atomic E-state index is 6.71. The zero-order valence-electron chi connectivity index (χ0n) is 24.4. The third-order valence-electron chi connectivity index (χ3n) is 9.34. The van der Waals surface area contributed by atoms with Gasteiger partial charge in [0.05, 0.1) is 37.9 Å². The molecule has 1 aliphatic carbocycles. The molecule has 0 spiro atoms. The van der Waals surface area contributed by atoms with Crippen LogP contribution in [0.5, 0.6) is 0 Å². The molecule has 2 aliphatic rings. The summed E-state index contributed by atoms with van der Waals surface area (Å²) in [7, 11) is 4.11. The van der Waals surface area contributed by atoms with Crippen LogP contribution in [0.3, 0.4) is 0 Å². The Morgan fingerprint density at radius 3 is 2.10 bits per heavy atom. The summed E-state index contributed by atoms with van der Waals surface area (Å²) in [4.78, 5) is 2.60. The second-order valence-corrected chi connectivity index (χ2v) is 11.7. The van der Waals surface area contributed by atoms with Gasteiger partial charge in [0.2, 0.25) is 0 Å². The molecule has 0 amide bonds. The monoisotopic (exact) mass is 550 g/mol. The highest BCUT2D eigenvalue weighted by Crippen LogP contribution is 2.53. The highest BCUT2D eigenvalue weighted by atomic mass is 16.5. The van der Waals surface area contributed by atoms with E-state index in [1.165, 1.54) is 33.3 Å². The average molecular weight is 551 g/mol. The number of nitrogens with zero attached hydrogens (tertiary/aromatic N) is 2. The van der Waals surface area contributed by atoms with Crippen LogP contribution in [0, 0.1) is 5.92 Å². The quantitative estimate of drug-likeness (QED) is 0.192. The Bertz CT molecular complexity index is 1400. The lowest BCUT2D eigenvalue weighted by molar-refractivity contribution is -0.0644. The minimum atomic E-state index is -0.387. The summed E-state index contributed by atoms with van der Waals surface area (Å²) in [5.74, 6) is 0.223. The number of hydrogen-bond acceptors (Lipinski definition) is 4. The molecule has 3 atom stereocenters. The fourth-order valence-corrected chi connectivity index (χ4v) is 7.54. The van der Waals surface area contributed by atoms with Crippen molar-refractivity contribution in [2.24, 2.45) is 13.0 Å². The first-order chi connectivity index (χ1) is 20.2. The molecular weight excluding hydrogens is 508 g/mol. The predicted octanol–water partition coefficient (Wildman–Crippen LogP) is 6.82. The van der Waals surface area contributed by atoms with Crippen molar-refractivity contribution in [3.05, 3.63) is 120 Å². The zero-order chi connectivity index (χ0) is 28.2. The maximum atomic E-state index is 6.71. The molecular formula is C36H42N2O3. The van der Waals surface area contributed by atoms with E-state index in [1.807, 2.05) is 13.2 Å². The van der Waals surface area contributed by atoms with Crippen molar-refractivity contribution in [1.29, 1.82) is 0 Å². The van der Waals surface area contributed by atoms with Crippen LogP contribution in [0.1, 0.15) is 41.3 Å². The number of aryl methyl sites for hydroxylation is 1. The first-order valence-corrected chi connectivity index (χ1v) is 14.8. The molecule has 1 saturated heterocycles. The van der Waals surface area contributed by atoms with Crippen molar-refractivity contribution in [2.75, 3.05) is 33.4 Å². The summed E-state index contributed by atoms with van der Waals surface area (Å²) in [5, 5.41) is 1.32. The SMILES string of the molecule is C=CCN1CC[C@@H]2C(OC)CC1c1c(n(C)c3ccccc13)C2(COCc1ccccc1)COCc1ccccc1. The number of ether oxygens (including phenoxy) is 3. The molecule has 2 bridgehead atoms. The van der Waals surface area contributed by atoms with Gasteiger partial charge < -0.3 is 18.8 Å². The third kappa shape index (κ3) is 5.28. The second-order valence-electron chi connectivity index (χ2n) is 11.7. The van der Waals surface area contributed by atoms with Crippen molar-refractivity contribution in [3.8, 4) is 0 Å². The molecule has 5 heteroatoms. The lowest BCUT2D eigenvalue weighted by Crippen LogP contribution is -2.50. The summed E-state index contributed by atoms with van der Waals surface area (Å²) in [5.41, 5.74) is 5.97. The van der Waals surface area contributed by atoms with Crippen LogP contribution in [0.4, 0.5) is 0 Å². The van der Waals surface area contributed by atoms with Crippen LogP contribution in [0.15, 0.2) is 97.6 Å². The summed E-state index contributed by atoms with van der Waals surface area (Å²) in [6.45, 7) is 8.21. The Labute approximate surface area is 244 Å². The van der Waals surface area contributed by atoms with Crippen LogP contribution in [0.2, 0.25) is 0 Å². The van der Waals surface area contributed by atoms with Gasteiger partial charge in [0.1, 0.15) is 0 Å². The molecule has 3 aromatic carbocycles. The molecule has 1 fully saturated rings. The Morgan fingerprint density at radius 1 is 0.878 bits per heavy atom. The van der Waals surface area contributed by atoms with Gasteiger partial charge in [0.25, 0.3) is 0 Å². The van der Waals surface area contributed by atoms with Gasteiger partial charge >= 0.3 is 0 Å². The van der Waals surface area contributed by atoms with Crippen LogP contribution < -0.4 is 0 Å². The molecule has 1 aliphatic heterocycles. The van der Waals surface area contributed by atoms with Gasteiger partial charge in [-0.2, -0.15) is 0 Å². The van der Waals surface area contributed by atoms with Gasteiger partial charge in [-0.3, -0.25) is 4.90 Å². The minimum absolute atomic E-state index is 0.0848. The molecule has 0 saturated carbocycles. The van der Waals surface area contributed by atoms with Gasteiger partial charge in [-0.15, -0.1) is 6.58 Å². The van der Waals surface area contributed by atoms with Crippen LogP contribution >= 0.6 is 0 Å². The van der Waals surface area contributed by atoms with Crippen molar-refractivity contribution in [2.45, 2.75) is 43.6 Å². The van der Waals surface area contributed by atoms with Crippen molar-refractivity contribution in [3.63, 3.8) is 0 Å². The van der Waals surface area contributed by atoms with Crippen molar-refractivity contribution < 1.29 is 14.2 Å². The fraction of sp³-hybridized carbons (Fsp3) is 0.389. The standard InChI is InChI=1S/C36H42N2O3/c1-4-20-38-21-19-30-33(39-3)22-32(38)34-29-17-11-12-18-31(29)37(2)35(34)36(30,25-40-23-27-13-7-5-8-14-27)26-41-24-28-15-9-6-10-16-28/h4-18,30,32-33H,1,19-26H2,2-3H3/t30-,32?,33?/m1/s1. The first kappa shape index (κ1) is 27.9. The molecule has 41 heavy (non-hydrogen) atoms. The Kier molecular flexibility index (Phi) is 8.40. The highest BCUT2D eigenvalue weighted by molar-refractivity contribution is 5.87. The van der Waals surface area contributed by atoms with Crippen molar-refractivity contribution in [1.82, 2.24) is 9.47 Å². The smallest absolute Gasteiger partial charge is 0.0717 e. The number of fused-ring (bicyclic) bond motifs is 7. The van der Waals surface area contributed by atoms with Crippen LogP contribution in [-0.4, -0.2) is 49.0 Å². The topological polar surface area (TPSA) is 35.9 Å². The normalized spacial score (nSPS) is 21.9. The summed E-state index contributed by atoms with van der Waals surface area (Å²) >= 11 is 0.